The average Bonchev–Trinajstić information content (AvgIpc) is 2.74. The molecule has 0 amide bonds. The van der Waals surface area contributed by atoms with Gasteiger partial charge in [-0.25, -0.2) is 0 Å². The van der Waals surface area contributed by atoms with E-state index in [9.17, 15) is 5.11 Å². The fourth-order valence-corrected chi connectivity index (χ4v) is 2.41. The quantitative estimate of drug-likeness (QED) is 0.880. The van der Waals surface area contributed by atoms with Crippen LogP contribution < -0.4 is 0 Å². The van der Waals surface area contributed by atoms with E-state index in [4.69, 9.17) is 0 Å². The van der Waals surface area contributed by atoms with E-state index in [2.05, 4.69) is 24.0 Å². The van der Waals surface area contributed by atoms with Gasteiger partial charge in [0.1, 0.15) is 0 Å². The van der Waals surface area contributed by atoms with Crippen molar-refractivity contribution in [3.63, 3.8) is 0 Å². The molecule has 0 radical (unpaired) electrons. The number of aryl methyl sites for hydroxylation is 1. The summed E-state index contributed by atoms with van der Waals surface area (Å²) < 4.78 is 0. The van der Waals surface area contributed by atoms with Crippen molar-refractivity contribution in [1.29, 1.82) is 0 Å². The van der Waals surface area contributed by atoms with Gasteiger partial charge in [0, 0.05) is 17.5 Å². The first-order valence-corrected chi connectivity index (χ1v) is 6.23. The van der Waals surface area contributed by atoms with Crippen molar-refractivity contribution in [2.75, 3.05) is 0 Å². The molecule has 3 heteroatoms. The molecule has 0 bridgehead atoms. The van der Waals surface area contributed by atoms with E-state index in [1.54, 1.807) is 16.8 Å². The maximum Gasteiger partial charge on any atom is 0.0794 e. The average molecular weight is 233 g/mol. The molecule has 0 saturated heterocycles. The SMILES string of the molecule is Cc1ccccc1CC(O)Cc1cncs1. The van der Waals surface area contributed by atoms with Gasteiger partial charge in [0.2, 0.25) is 0 Å². The van der Waals surface area contributed by atoms with Crippen LogP contribution in [0.1, 0.15) is 16.0 Å². The summed E-state index contributed by atoms with van der Waals surface area (Å²) in [6, 6.07) is 8.19. The van der Waals surface area contributed by atoms with E-state index in [0.29, 0.717) is 12.8 Å². The number of hydrogen-bond acceptors (Lipinski definition) is 3. The minimum absolute atomic E-state index is 0.318. The predicted molar refractivity (Wildman–Crippen MR) is 66.7 cm³/mol. The van der Waals surface area contributed by atoms with Crippen molar-refractivity contribution in [2.24, 2.45) is 0 Å². The molecule has 84 valence electrons. The topological polar surface area (TPSA) is 33.1 Å². The van der Waals surface area contributed by atoms with Crippen LogP contribution >= 0.6 is 11.3 Å². The molecule has 1 atom stereocenters. The monoisotopic (exact) mass is 233 g/mol. The van der Waals surface area contributed by atoms with E-state index < -0.39 is 0 Å². The minimum Gasteiger partial charge on any atom is -0.392 e. The summed E-state index contributed by atoms with van der Waals surface area (Å²) >= 11 is 1.59. The van der Waals surface area contributed by atoms with Crippen molar-refractivity contribution in [3.05, 3.63) is 52.0 Å². The van der Waals surface area contributed by atoms with E-state index >= 15 is 0 Å². The first-order chi connectivity index (χ1) is 7.75. The number of aliphatic hydroxyl groups is 1. The van der Waals surface area contributed by atoms with Crippen LogP contribution in [0.25, 0.3) is 0 Å². The van der Waals surface area contributed by atoms with E-state index in [1.165, 1.54) is 11.1 Å². The molecular weight excluding hydrogens is 218 g/mol. The normalized spacial score (nSPS) is 12.6. The standard InChI is InChI=1S/C13H15NOS/c1-10-4-2-3-5-11(10)6-12(15)7-13-8-14-9-16-13/h2-5,8-9,12,15H,6-7H2,1H3. The van der Waals surface area contributed by atoms with Gasteiger partial charge in [-0.15, -0.1) is 11.3 Å². The third-order valence-electron chi connectivity index (χ3n) is 2.64. The lowest BCUT2D eigenvalue weighted by molar-refractivity contribution is 0.176. The van der Waals surface area contributed by atoms with Crippen LogP contribution in [0.5, 0.6) is 0 Å². The van der Waals surface area contributed by atoms with Crippen molar-refractivity contribution in [2.45, 2.75) is 25.9 Å². The summed E-state index contributed by atoms with van der Waals surface area (Å²) in [4.78, 5) is 5.15. The molecule has 0 spiro atoms. The van der Waals surface area contributed by atoms with Gasteiger partial charge in [-0.3, -0.25) is 4.98 Å². The molecule has 0 saturated carbocycles. The molecule has 1 N–H and O–H groups in total. The molecule has 0 aliphatic carbocycles. The molecule has 1 unspecified atom stereocenters. The highest BCUT2D eigenvalue weighted by molar-refractivity contribution is 7.09. The Balaban J connectivity index is 1.97. The molecule has 0 fully saturated rings. The highest BCUT2D eigenvalue weighted by Gasteiger charge is 2.09. The summed E-state index contributed by atoms with van der Waals surface area (Å²) in [5.74, 6) is 0. The maximum absolute atomic E-state index is 9.98. The summed E-state index contributed by atoms with van der Waals surface area (Å²) in [5.41, 5.74) is 4.26. The van der Waals surface area contributed by atoms with Gasteiger partial charge in [0.15, 0.2) is 0 Å². The summed E-state index contributed by atoms with van der Waals surface area (Å²) in [7, 11) is 0. The fraction of sp³-hybridized carbons (Fsp3) is 0.308. The minimum atomic E-state index is -0.318. The van der Waals surface area contributed by atoms with E-state index in [-0.39, 0.29) is 6.10 Å². The molecule has 0 aliphatic rings. The Morgan fingerprint density at radius 3 is 2.81 bits per heavy atom. The van der Waals surface area contributed by atoms with Crippen LogP contribution in [0.15, 0.2) is 36.0 Å². The third kappa shape index (κ3) is 2.90. The van der Waals surface area contributed by atoms with E-state index in [1.807, 2.05) is 18.3 Å². The maximum atomic E-state index is 9.98. The van der Waals surface area contributed by atoms with Crippen LogP contribution in [0.3, 0.4) is 0 Å². The van der Waals surface area contributed by atoms with Gasteiger partial charge >= 0.3 is 0 Å². The Bertz CT molecular complexity index is 439. The number of aliphatic hydroxyl groups excluding tert-OH is 1. The molecule has 2 rings (SSSR count). The number of nitrogens with zero attached hydrogens (tertiary/aromatic N) is 1. The zero-order valence-electron chi connectivity index (χ0n) is 9.26. The largest absolute Gasteiger partial charge is 0.392 e. The molecule has 1 aromatic carbocycles. The van der Waals surface area contributed by atoms with Crippen LogP contribution in [-0.4, -0.2) is 16.2 Å². The zero-order chi connectivity index (χ0) is 11.4. The highest BCUT2D eigenvalue weighted by Crippen LogP contribution is 2.14. The lowest BCUT2D eigenvalue weighted by atomic mass is 10.0. The van der Waals surface area contributed by atoms with Gasteiger partial charge < -0.3 is 5.11 Å². The molecule has 1 aromatic heterocycles. The Kier molecular flexibility index (Phi) is 3.70. The second-order valence-electron chi connectivity index (χ2n) is 3.96. The second-order valence-corrected chi connectivity index (χ2v) is 4.93. The van der Waals surface area contributed by atoms with Crippen LogP contribution in [0, 0.1) is 6.92 Å². The van der Waals surface area contributed by atoms with Crippen LogP contribution in [0.2, 0.25) is 0 Å². The van der Waals surface area contributed by atoms with Gasteiger partial charge in [-0.1, -0.05) is 24.3 Å². The smallest absolute Gasteiger partial charge is 0.0794 e. The summed E-state index contributed by atoms with van der Waals surface area (Å²) in [5, 5.41) is 9.98. The molecule has 2 aromatic rings. The Labute approximate surface area is 99.6 Å². The first-order valence-electron chi connectivity index (χ1n) is 5.35. The van der Waals surface area contributed by atoms with Crippen molar-refractivity contribution < 1.29 is 5.11 Å². The molecule has 1 heterocycles. The zero-order valence-corrected chi connectivity index (χ0v) is 10.1. The predicted octanol–water partition coefficient (Wildman–Crippen LogP) is 2.60. The van der Waals surface area contributed by atoms with Crippen molar-refractivity contribution in [3.8, 4) is 0 Å². The van der Waals surface area contributed by atoms with Gasteiger partial charge in [0.05, 0.1) is 11.6 Å². The third-order valence-corrected chi connectivity index (χ3v) is 3.44. The Morgan fingerprint density at radius 1 is 1.31 bits per heavy atom. The van der Waals surface area contributed by atoms with Gasteiger partial charge in [-0.05, 0) is 24.5 Å². The number of aromatic nitrogens is 1. The van der Waals surface area contributed by atoms with Crippen molar-refractivity contribution in [1.82, 2.24) is 4.98 Å². The number of benzene rings is 1. The van der Waals surface area contributed by atoms with Crippen LogP contribution in [-0.2, 0) is 12.8 Å². The number of thiazole rings is 1. The number of hydrogen-bond donors (Lipinski definition) is 1. The Morgan fingerprint density at radius 2 is 2.12 bits per heavy atom. The molecule has 16 heavy (non-hydrogen) atoms. The summed E-state index contributed by atoms with van der Waals surface area (Å²) in [6.45, 7) is 2.08. The second kappa shape index (κ2) is 5.23. The van der Waals surface area contributed by atoms with Crippen LogP contribution in [0.4, 0.5) is 0 Å². The lowest BCUT2D eigenvalue weighted by Gasteiger charge is -2.11. The Hall–Kier alpha value is -1.19. The number of rotatable bonds is 4. The van der Waals surface area contributed by atoms with Gasteiger partial charge in [-0.2, -0.15) is 0 Å². The fourth-order valence-electron chi connectivity index (χ4n) is 1.74. The lowest BCUT2D eigenvalue weighted by Crippen LogP contribution is -2.13. The summed E-state index contributed by atoms with van der Waals surface area (Å²) in [6.07, 6.45) is 2.91. The molecule has 0 aliphatic heterocycles. The van der Waals surface area contributed by atoms with Crippen molar-refractivity contribution >= 4 is 11.3 Å². The molecule has 2 nitrogen and oxygen atoms in total. The first kappa shape index (κ1) is 11.3. The van der Waals surface area contributed by atoms with E-state index in [0.717, 1.165) is 4.88 Å². The molecular formula is C13H15NOS. The highest BCUT2D eigenvalue weighted by atomic mass is 32.1. The van der Waals surface area contributed by atoms with Gasteiger partial charge in [0.25, 0.3) is 0 Å².